The Hall–Kier alpha value is -5.22. The van der Waals surface area contributed by atoms with Gasteiger partial charge in [0, 0.05) is 47.8 Å². The third kappa shape index (κ3) is 5.73. The van der Waals surface area contributed by atoms with Gasteiger partial charge in [0.15, 0.2) is 5.82 Å². The maximum atomic E-state index is 14.4. The molecule has 1 unspecified atom stereocenters. The number of carbonyl (C=O) groups excluding carboxylic acids is 1. The Balaban J connectivity index is 1.49. The fourth-order valence-electron chi connectivity index (χ4n) is 4.14. The number of aliphatic hydroxyl groups is 1. The number of alkyl halides is 1. The minimum Gasteiger partial charge on any atom is -0.387 e. The quantitative estimate of drug-likeness (QED) is 0.248. The summed E-state index contributed by atoms with van der Waals surface area (Å²) in [5.41, 5.74) is 1.49. The van der Waals surface area contributed by atoms with Crippen LogP contribution in [0, 0.1) is 11.3 Å². The lowest BCUT2D eigenvalue weighted by atomic mass is 10.0. The number of amides is 1. The zero-order chi connectivity index (χ0) is 29.1. The number of tetrazole rings is 1. The molecular weight excluding hydrogens is 527 g/mol. The number of fused-ring (bicyclic) bond motifs is 1. The van der Waals surface area contributed by atoms with Gasteiger partial charge in [-0.1, -0.05) is 0 Å². The highest BCUT2D eigenvalue weighted by atomic mass is 19.1. The molecule has 0 aliphatic heterocycles. The maximum absolute atomic E-state index is 14.4. The van der Waals surface area contributed by atoms with Crippen molar-refractivity contribution < 1.29 is 14.3 Å². The molecule has 5 aromatic rings. The van der Waals surface area contributed by atoms with E-state index >= 15 is 0 Å². The number of aromatic nitrogens is 7. The molecule has 41 heavy (non-hydrogen) atoms. The van der Waals surface area contributed by atoms with Crippen LogP contribution in [0.5, 0.6) is 0 Å². The van der Waals surface area contributed by atoms with Crippen molar-refractivity contribution in [1.29, 1.82) is 5.26 Å². The molecule has 0 bridgehead atoms. The van der Waals surface area contributed by atoms with Gasteiger partial charge in [-0.05, 0) is 67.6 Å². The molecule has 1 amide bonds. The van der Waals surface area contributed by atoms with Crippen molar-refractivity contribution in [3.05, 3.63) is 72.2 Å². The summed E-state index contributed by atoms with van der Waals surface area (Å²) in [4.78, 5) is 22.0. The van der Waals surface area contributed by atoms with Crippen molar-refractivity contribution in [3.8, 4) is 23.3 Å². The molecule has 0 saturated carbocycles. The number of benzene rings is 1. The smallest absolute Gasteiger partial charge is 0.255 e. The number of pyridine rings is 2. The molecule has 12 nitrogen and oxygen atoms in total. The first kappa shape index (κ1) is 27.4. The molecule has 1 atom stereocenters. The van der Waals surface area contributed by atoms with Crippen LogP contribution in [0.15, 0.2) is 61.1 Å². The normalized spacial score (nSPS) is 12.2. The van der Waals surface area contributed by atoms with Crippen molar-refractivity contribution in [2.24, 2.45) is 0 Å². The van der Waals surface area contributed by atoms with Gasteiger partial charge in [0.1, 0.15) is 23.7 Å². The molecule has 0 saturated heterocycles. The molecule has 0 radical (unpaired) electrons. The summed E-state index contributed by atoms with van der Waals surface area (Å²) in [5.74, 6) is 0.533. The third-order valence-corrected chi connectivity index (χ3v) is 6.50. The second-order valence-corrected chi connectivity index (χ2v) is 9.87. The van der Waals surface area contributed by atoms with Crippen molar-refractivity contribution in [1.82, 2.24) is 40.1 Å². The van der Waals surface area contributed by atoms with Crippen molar-refractivity contribution >= 4 is 28.3 Å². The van der Waals surface area contributed by atoms with Crippen molar-refractivity contribution in [2.45, 2.75) is 39.1 Å². The second-order valence-electron chi connectivity index (χ2n) is 9.87. The number of hydrogen-bond donors (Lipinski definition) is 3. The van der Waals surface area contributed by atoms with Gasteiger partial charge >= 0.3 is 0 Å². The number of rotatable bonds is 9. The summed E-state index contributed by atoms with van der Waals surface area (Å²) >= 11 is 0. The second kappa shape index (κ2) is 11.1. The van der Waals surface area contributed by atoms with E-state index in [0.717, 1.165) is 10.9 Å². The lowest BCUT2D eigenvalue weighted by Crippen LogP contribution is -2.42. The van der Waals surface area contributed by atoms with Crippen LogP contribution in [0.2, 0.25) is 0 Å². The Bertz CT molecular complexity index is 1750. The lowest BCUT2D eigenvalue weighted by Gasteiger charge is -2.22. The van der Waals surface area contributed by atoms with E-state index in [2.05, 4.69) is 42.2 Å². The summed E-state index contributed by atoms with van der Waals surface area (Å²) in [6.07, 6.45) is 2.97. The Morgan fingerprint density at radius 2 is 1.95 bits per heavy atom. The molecule has 1 aromatic carbocycles. The van der Waals surface area contributed by atoms with E-state index in [1.54, 1.807) is 27.6 Å². The SMILES string of the molecule is CCn1nnnc1-c1ccc(Nc2cc(-n3ccc4cc(C#N)cnc43)ncc2C(=O)NCC(F)C(C)(C)O)cc1. The molecule has 0 fully saturated rings. The molecule has 0 spiro atoms. The number of hydrogen-bond acceptors (Lipinski definition) is 9. The van der Waals surface area contributed by atoms with Crippen LogP contribution in [0.1, 0.15) is 36.7 Å². The van der Waals surface area contributed by atoms with Crippen LogP contribution in [-0.4, -0.2) is 64.1 Å². The van der Waals surface area contributed by atoms with Crippen LogP contribution in [0.3, 0.4) is 0 Å². The van der Waals surface area contributed by atoms with Crippen LogP contribution >= 0.6 is 0 Å². The van der Waals surface area contributed by atoms with E-state index in [9.17, 15) is 19.6 Å². The average molecular weight is 555 g/mol. The number of carbonyl (C=O) groups is 1. The number of nitrogens with one attached hydrogen (secondary N) is 2. The van der Waals surface area contributed by atoms with Crippen LogP contribution in [-0.2, 0) is 6.54 Å². The maximum Gasteiger partial charge on any atom is 0.255 e. The first-order valence-electron chi connectivity index (χ1n) is 12.8. The fraction of sp³-hybridized carbons (Fsp3) is 0.250. The Labute approximate surface area is 234 Å². The van der Waals surface area contributed by atoms with Gasteiger partial charge in [-0.2, -0.15) is 5.26 Å². The minimum absolute atomic E-state index is 0.173. The Morgan fingerprint density at radius 3 is 2.66 bits per heavy atom. The lowest BCUT2D eigenvalue weighted by molar-refractivity contribution is -0.00177. The van der Waals surface area contributed by atoms with E-state index in [1.165, 1.54) is 26.2 Å². The zero-order valence-electron chi connectivity index (χ0n) is 22.6. The molecular formula is C28H27FN10O2. The third-order valence-electron chi connectivity index (χ3n) is 6.50. The van der Waals surface area contributed by atoms with E-state index in [-0.39, 0.29) is 12.1 Å². The van der Waals surface area contributed by atoms with Crippen LogP contribution in [0.4, 0.5) is 15.8 Å². The highest BCUT2D eigenvalue weighted by Crippen LogP contribution is 2.27. The number of aryl methyl sites for hydroxylation is 1. The summed E-state index contributed by atoms with van der Waals surface area (Å²) in [6.45, 7) is 4.87. The first-order valence-corrected chi connectivity index (χ1v) is 12.8. The number of nitrogens with zero attached hydrogens (tertiary/aromatic N) is 8. The predicted molar refractivity (Wildman–Crippen MR) is 149 cm³/mol. The number of halogens is 1. The standard InChI is InChI=1S/C28H27FN10O2/c1-4-39-26(35-36-37-39)18-5-7-20(8-6-18)34-22-12-24(38-10-9-19-11-17(13-30)14-32-25(19)38)31-15-21(22)27(40)33-16-23(29)28(2,3)41/h5-12,14-15,23,41H,4,16H2,1-3H3,(H,31,34)(H,33,40). The molecule has 13 heteroatoms. The molecule has 3 N–H and O–H groups in total. The topological polar surface area (TPSA) is 159 Å². The van der Waals surface area contributed by atoms with E-state index < -0.39 is 17.7 Å². The average Bonchev–Trinajstić information content (AvgIpc) is 3.62. The molecule has 208 valence electrons. The molecule has 4 aromatic heterocycles. The van der Waals surface area contributed by atoms with E-state index in [1.807, 2.05) is 37.3 Å². The number of nitriles is 1. The van der Waals surface area contributed by atoms with Crippen molar-refractivity contribution in [2.75, 3.05) is 11.9 Å². The fourth-order valence-corrected chi connectivity index (χ4v) is 4.14. The summed E-state index contributed by atoms with van der Waals surface area (Å²) in [5, 5.41) is 37.4. The van der Waals surface area contributed by atoms with E-state index in [0.29, 0.717) is 40.8 Å². The van der Waals surface area contributed by atoms with Gasteiger partial charge < -0.3 is 15.7 Å². The molecule has 4 heterocycles. The summed E-state index contributed by atoms with van der Waals surface area (Å²) in [7, 11) is 0. The molecule has 0 aliphatic rings. The van der Waals surface area contributed by atoms with Crippen LogP contribution < -0.4 is 10.6 Å². The van der Waals surface area contributed by atoms with Gasteiger partial charge in [-0.15, -0.1) is 5.10 Å². The summed E-state index contributed by atoms with van der Waals surface area (Å²) < 4.78 is 17.8. The van der Waals surface area contributed by atoms with Gasteiger partial charge in [0.25, 0.3) is 5.91 Å². The summed E-state index contributed by atoms with van der Waals surface area (Å²) in [6, 6.07) is 14.7. The zero-order valence-corrected chi connectivity index (χ0v) is 22.6. The van der Waals surface area contributed by atoms with Gasteiger partial charge in [0.05, 0.1) is 29.0 Å². The first-order chi connectivity index (χ1) is 19.7. The monoisotopic (exact) mass is 554 g/mol. The van der Waals surface area contributed by atoms with Crippen molar-refractivity contribution in [3.63, 3.8) is 0 Å². The molecule has 5 rings (SSSR count). The van der Waals surface area contributed by atoms with Gasteiger partial charge in [0.2, 0.25) is 0 Å². The Kier molecular flexibility index (Phi) is 7.41. The van der Waals surface area contributed by atoms with Gasteiger partial charge in [-0.25, -0.2) is 19.0 Å². The van der Waals surface area contributed by atoms with Crippen LogP contribution in [0.25, 0.3) is 28.2 Å². The minimum atomic E-state index is -1.67. The largest absolute Gasteiger partial charge is 0.387 e. The highest BCUT2D eigenvalue weighted by molar-refractivity contribution is 6.00. The Morgan fingerprint density at radius 1 is 1.17 bits per heavy atom. The van der Waals surface area contributed by atoms with Gasteiger partial charge in [-0.3, -0.25) is 9.36 Å². The van der Waals surface area contributed by atoms with E-state index in [4.69, 9.17) is 0 Å². The number of anilines is 2. The molecule has 0 aliphatic carbocycles. The predicted octanol–water partition coefficient (Wildman–Crippen LogP) is 3.55. The highest BCUT2D eigenvalue weighted by Gasteiger charge is 2.27.